The summed E-state index contributed by atoms with van der Waals surface area (Å²) in [6.07, 6.45) is 0.242. The van der Waals surface area contributed by atoms with Gasteiger partial charge in [0.1, 0.15) is 0 Å². The highest BCUT2D eigenvalue weighted by atomic mass is 16.2. The van der Waals surface area contributed by atoms with E-state index in [1.54, 1.807) is 12.1 Å². The number of hydrogen-bond acceptors (Lipinski definition) is 3. The summed E-state index contributed by atoms with van der Waals surface area (Å²) in [6, 6.07) is 28.3. The number of nitrogens with zero attached hydrogens (tertiary/aromatic N) is 1. The van der Waals surface area contributed by atoms with Crippen LogP contribution in [-0.4, -0.2) is 17.4 Å². The second-order valence-electron chi connectivity index (χ2n) is 6.02. The molecule has 3 aromatic rings. The van der Waals surface area contributed by atoms with Crippen molar-refractivity contribution in [1.29, 1.82) is 0 Å². The van der Waals surface area contributed by atoms with Gasteiger partial charge in [0.2, 0.25) is 5.91 Å². The van der Waals surface area contributed by atoms with Gasteiger partial charge in [-0.05, 0) is 0 Å². The predicted molar refractivity (Wildman–Crippen MR) is 107 cm³/mol. The minimum absolute atomic E-state index is 0.0546. The third-order valence-corrected chi connectivity index (χ3v) is 4.06. The van der Waals surface area contributed by atoms with Gasteiger partial charge in [0, 0.05) is 29.5 Å². The topological polar surface area (TPSA) is 58.5 Å². The normalized spacial score (nSPS) is 10.1. The van der Waals surface area contributed by atoms with Gasteiger partial charge < -0.3 is 0 Å². The van der Waals surface area contributed by atoms with Crippen LogP contribution in [-0.2, 0) is 4.79 Å². The number of rotatable bonds is 7. The Morgan fingerprint density at radius 1 is 0.630 bits per heavy atom. The number of ketones is 1. The lowest BCUT2D eigenvalue weighted by atomic mass is 10.0. The van der Waals surface area contributed by atoms with E-state index < -0.39 is 0 Å². The molecular formula is C23H20N2O2. The zero-order chi connectivity index (χ0) is 18.9. The fourth-order valence-corrected chi connectivity index (χ4v) is 2.66. The van der Waals surface area contributed by atoms with Crippen LogP contribution in [0.15, 0.2) is 96.1 Å². The first-order valence-corrected chi connectivity index (χ1v) is 8.79. The van der Waals surface area contributed by atoms with Crippen molar-refractivity contribution in [2.75, 3.05) is 0 Å². The Hall–Kier alpha value is -3.53. The SMILES string of the molecule is O=C(CCC(=O)c1ccccc1)NN=C(c1ccccc1)c1ccccc1. The van der Waals surface area contributed by atoms with Crippen LogP contribution in [0.1, 0.15) is 34.3 Å². The van der Waals surface area contributed by atoms with E-state index >= 15 is 0 Å². The molecule has 1 amide bonds. The molecule has 27 heavy (non-hydrogen) atoms. The van der Waals surface area contributed by atoms with E-state index in [1.165, 1.54) is 0 Å². The zero-order valence-corrected chi connectivity index (χ0v) is 14.8. The van der Waals surface area contributed by atoms with Crippen LogP contribution in [0.4, 0.5) is 0 Å². The van der Waals surface area contributed by atoms with Crippen LogP contribution < -0.4 is 5.43 Å². The van der Waals surface area contributed by atoms with E-state index in [1.807, 2.05) is 78.9 Å². The van der Waals surface area contributed by atoms with Crippen LogP contribution in [0.2, 0.25) is 0 Å². The quantitative estimate of drug-likeness (QED) is 0.391. The van der Waals surface area contributed by atoms with Crippen molar-refractivity contribution in [2.24, 2.45) is 5.10 Å². The highest BCUT2D eigenvalue weighted by Crippen LogP contribution is 2.10. The molecule has 3 aromatic carbocycles. The Morgan fingerprint density at radius 2 is 1.07 bits per heavy atom. The van der Waals surface area contributed by atoms with Crippen LogP contribution in [0.3, 0.4) is 0 Å². The summed E-state index contributed by atoms with van der Waals surface area (Å²) < 4.78 is 0. The summed E-state index contributed by atoms with van der Waals surface area (Å²) in [7, 11) is 0. The maximum absolute atomic E-state index is 12.2. The lowest BCUT2D eigenvalue weighted by Crippen LogP contribution is -2.21. The zero-order valence-electron chi connectivity index (χ0n) is 14.8. The van der Waals surface area contributed by atoms with Gasteiger partial charge in [-0.15, -0.1) is 0 Å². The van der Waals surface area contributed by atoms with Gasteiger partial charge in [0.05, 0.1) is 5.71 Å². The molecular weight excluding hydrogens is 336 g/mol. The first-order chi connectivity index (χ1) is 13.2. The largest absolute Gasteiger partial charge is 0.294 e. The standard InChI is InChI=1S/C23H20N2O2/c26-21(18-10-4-1-5-11-18)16-17-22(27)24-25-23(19-12-6-2-7-13-19)20-14-8-3-9-15-20/h1-15H,16-17H2,(H,24,27). The molecule has 4 nitrogen and oxygen atoms in total. The smallest absolute Gasteiger partial charge is 0.240 e. The van der Waals surface area contributed by atoms with E-state index in [0.717, 1.165) is 11.1 Å². The minimum atomic E-state index is -0.288. The van der Waals surface area contributed by atoms with Crippen LogP contribution in [0.5, 0.6) is 0 Å². The molecule has 0 heterocycles. The minimum Gasteiger partial charge on any atom is -0.294 e. The van der Waals surface area contributed by atoms with Crippen molar-refractivity contribution < 1.29 is 9.59 Å². The van der Waals surface area contributed by atoms with E-state index in [2.05, 4.69) is 10.5 Å². The number of amides is 1. The maximum atomic E-state index is 12.2. The second-order valence-corrected chi connectivity index (χ2v) is 6.02. The number of nitrogens with one attached hydrogen (secondary N) is 1. The van der Waals surface area contributed by atoms with Gasteiger partial charge in [0.15, 0.2) is 5.78 Å². The molecule has 0 aliphatic rings. The fourth-order valence-electron chi connectivity index (χ4n) is 2.66. The molecule has 0 aliphatic heterocycles. The Morgan fingerprint density at radius 3 is 1.56 bits per heavy atom. The summed E-state index contributed by atoms with van der Waals surface area (Å²) in [5.41, 5.74) is 5.69. The molecule has 0 saturated heterocycles. The molecule has 0 radical (unpaired) electrons. The van der Waals surface area contributed by atoms with E-state index in [4.69, 9.17) is 0 Å². The summed E-state index contributed by atoms with van der Waals surface area (Å²) in [4.78, 5) is 24.3. The molecule has 1 N–H and O–H groups in total. The van der Waals surface area contributed by atoms with Crippen molar-refractivity contribution in [3.63, 3.8) is 0 Å². The van der Waals surface area contributed by atoms with Crippen molar-refractivity contribution in [2.45, 2.75) is 12.8 Å². The number of hydrogen-bond donors (Lipinski definition) is 1. The highest BCUT2D eigenvalue weighted by molar-refractivity contribution is 6.13. The monoisotopic (exact) mass is 356 g/mol. The first kappa shape index (κ1) is 18.3. The van der Waals surface area contributed by atoms with E-state index in [0.29, 0.717) is 11.3 Å². The van der Waals surface area contributed by atoms with Gasteiger partial charge in [-0.1, -0.05) is 91.0 Å². The molecule has 0 aromatic heterocycles. The summed E-state index contributed by atoms with van der Waals surface area (Å²) in [5.74, 6) is -0.343. The van der Waals surface area contributed by atoms with Crippen molar-refractivity contribution >= 4 is 17.4 Å². The second kappa shape index (κ2) is 9.25. The highest BCUT2D eigenvalue weighted by Gasteiger charge is 2.10. The molecule has 0 spiro atoms. The van der Waals surface area contributed by atoms with Crippen LogP contribution >= 0.6 is 0 Å². The van der Waals surface area contributed by atoms with Crippen LogP contribution in [0, 0.1) is 0 Å². The van der Waals surface area contributed by atoms with E-state index in [9.17, 15) is 9.59 Å². The Kier molecular flexibility index (Phi) is 6.26. The molecule has 0 atom stereocenters. The molecule has 0 aliphatic carbocycles. The molecule has 134 valence electrons. The predicted octanol–water partition coefficient (Wildman–Crippen LogP) is 4.22. The lowest BCUT2D eigenvalue weighted by molar-refractivity contribution is -0.121. The first-order valence-electron chi connectivity index (χ1n) is 8.79. The molecule has 0 saturated carbocycles. The number of benzene rings is 3. The average Bonchev–Trinajstić information content (AvgIpc) is 2.74. The molecule has 3 rings (SSSR count). The van der Waals surface area contributed by atoms with Crippen LogP contribution in [0.25, 0.3) is 0 Å². The number of Topliss-reactive ketones (excluding diaryl/α,β-unsaturated/α-hetero) is 1. The van der Waals surface area contributed by atoms with E-state index in [-0.39, 0.29) is 24.5 Å². The molecule has 4 heteroatoms. The summed E-state index contributed by atoms with van der Waals surface area (Å²) in [6.45, 7) is 0. The van der Waals surface area contributed by atoms with Gasteiger partial charge in [-0.2, -0.15) is 5.10 Å². The van der Waals surface area contributed by atoms with Crippen molar-refractivity contribution in [3.05, 3.63) is 108 Å². The fraction of sp³-hybridized carbons (Fsp3) is 0.0870. The van der Waals surface area contributed by atoms with Gasteiger partial charge in [-0.25, -0.2) is 5.43 Å². The van der Waals surface area contributed by atoms with Crippen molar-refractivity contribution in [3.8, 4) is 0 Å². The summed E-state index contributed by atoms with van der Waals surface area (Å²) >= 11 is 0. The third kappa shape index (κ3) is 5.22. The number of carbonyl (C=O) groups is 2. The molecule has 0 unspecified atom stereocenters. The van der Waals surface area contributed by atoms with Gasteiger partial charge in [0.25, 0.3) is 0 Å². The molecule has 0 fully saturated rings. The lowest BCUT2D eigenvalue weighted by Gasteiger charge is -2.08. The Balaban J connectivity index is 1.67. The number of carbonyl (C=O) groups excluding carboxylic acids is 2. The third-order valence-electron chi connectivity index (χ3n) is 4.06. The van der Waals surface area contributed by atoms with Gasteiger partial charge >= 0.3 is 0 Å². The van der Waals surface area contributed by atoms with Crippen molar-refractivity contribution in [1.82, 2.24) is 5.43 Å². The maximum Gasteiger partial charge on any atom is 0.240 e. The number of hydrazone groups is 1. The Bertz CT molecular complexity index is 879. The molecule has 0 bridgehead atoms. The van der Waals surface area contributed by atoms with Gasteiger partial charge in [-0.3, -0.25) is 9.59 Å². The summed E-state index contributed by atoms with van der Waals surface area (Å²) in [5, 5.41) is 4.32. The Labute approximate surface area is 158 Å². The average molecular weight is 356 g/mol.